The second kappa shape index (κ2) is 15.0. The van der Waals surface area contributed by atoms with Gasteiger partial charge in [0.1, 0.15) is 13.2 Å². The molecular formula is C34H28ClIN2O7S. The third kappa shape index (κ3) is 7.65. The molecule has 1 aliphatic rings. The number of esters is 1. The summed E-state index contributed by atoms with van der Waals surface area (Å²) in [7, 11) is 0. The van der Waals surface area contributed by atoms with E-state index in [1.807, 2.05) is 37.3 Å². The Morgan fingerprint density at radius 3 is 2.54 bits per heavy atom. The zero-order valence-corrected chi connectivity index (χ0v) is 28.5. The summed E-state index contributed by atoms with van der Waals surface area (Å²) in [6.45, 7) is 3.91. The first-order chi connectivity index (χ1) is 22.2. The van der Waals surface area contributed by atoms with Gasteiger partial charge in [-0.05, 0) is 107 Å². The third-order valence-electron chi connectivity index (χ3n) is 6.80. The molecule has 0 unspecified atom stereocenters. The Morgan fingerprint density at radius 1 is 0.978 bits per heavy atom. The Bertz CT molecular complexity index is 1870. The standard InChI is InChI=1S/C34H28ClIN2O7S/c1-3-43-28-15-20(14-27(36)31(28)45-19-22-10-7-9-21-8-5-6-11-24(21)22)16-29-32(40)38(34(42)46-29)18-30(39)37-23-12-13-26(35)25(17-23)33(41)44-4-2/h5-17H,3-4,18-19H2,1-2H3,(H,37,39)/b29-16+. The number of hydrogen-bond acceptors (Lipinski definition) is 8. The summed E-state index contributed by atoms with van der Waals surface area (Å²) >= 11 is 8.99. The largest absolute Gasteiger partial charge is 0.490 e. The van der Waals surface area contributed by atoms with Gasteiger partial charge in [-0.15, -0.1) is 0 Å². The Labute approximate surface area is 288 Å². The molecule has 0 aromatic heterocycles. The summed E-state index contributed by atoms with van der Waals surface area (Å²) in [6, 6.07) is 22.1. The number of ether oxygens (including phenoxy) is 3. The molecule has 0 atom stereocenters. The summed E-state index contributed by atoms with van der Waals surface area (Å²) < 4.78 is 17.9. The van der Waals surface area contributed by atoms with E-state index in [1.165, 1.54) is 18.2 Å². The lowest BCUT2D eigenvalue weighted by atomic mass is 10.1. The van der Waals surface area contributed by atoms with Gasteiger partial charge < -0.3 is 19.5 Å². The summed E-state index contributed by atoms with van der Waals surface area (Å²) in [4.78, 5) is 51.9. The van der Waals surface area contributed by atoms with Crippen LogP contribution in [-0.4, -0.2) is 47.7 Å². The first-order valence-electron chi connectivity index (χ1n) is 14.3. The number of hydrogen-bond donors (Lipinski definition) is 1. The number of anilines is 1. The van der Waals surface area contributed by atoms with E-state index in [0.29, 0.717) is 30.3 Å². The molecule has 1 N–H and O–H groups in total. The Morgan fingerprint density at radius 2 is 1.76 bits per heavy atom. The number of nitrogens with zero attached hydrogens (tertiary/aromatic N) is 1. The fourth-order valence-corrected chi connectivity index (χ4v) is 6.56. The van der Waals surface area contributed by atoms with Crippen molar-refractivity contribution in [1.29, 1.82) is 0 Å². The minimum absolute atomic E-state index is 0.0847. The van der Waals surface area contributed by atoms with Gasteiger partial charge in [0, 0.05) is 5.69 Å². The molecule has 1 fully saturated rings. The molecule has 9 nitrogen and oxygen atoms in total. The average Bonchev–Trinajstić information content (AvgIpc) is 3.28. The highest BCUT2D eigenvalue weighted by molar-refractivity contribution is 14.1. The topological polar surface area (TPSA) is 111 Å². The van der Waals surface area contributed by atoms with Crippen LogP contribution in [0.4, 0.5) is 10.5 Å². The number of fused-ring (bicyclic) bond motifs is 1. The first kappa shape index (κ1) is 33.3. The average molecular weight is 771 g/mol. The predicted octanol–water partition coefficient (Wildman–Crippen LogP) is 7.93. The summed E-state index contributed by atoms with van der Waals surface area (Å²) in [5.41, 5.74) is 2.02. The maximum atomic E-state index is 13.2. The molecule has 46 heavy (non-hydrogen) atoms. The van der Waals surface area contributed by atoms with Crippen LogP contribution in [0, 0.1) is 3.57 Å². The Hall–Kier alpha value is -4.07. The molecule has 4 aromatic carbocycles. The van der Waals surface area contributed by atoms with E-state index in [9.17, 15) is 19.2 Å². The van der Waals surface area contributed by atoms with Crippen molar-refractivity contribution < 1.29 is 33.4 Å². The molecule has 0 saturated carbocycles. The van der Waals surface area contributed by atoms with Crippen molar-refractivity contribution in [3.63, 3.8) is 0 Å². The fraction of sp³-hybridized carbons (Fsp3) is 0.176. The third-order valence-corrected chi connectivity index (χ3v) is 8.84. The number of rotatable bonds is 11. The molecule has 236 valence electrons. The molecule has 1 aliphatic heterocycles. The van der Waals surface area contributed by atoms with Gasteiger partial charge in [-0.1, -0.05) is 54.1 Å². The lowest BCUT2D eigenvalue weighted by Gasteiger charge is -2.16. The van der Waals surface area contributed by atoms with E-state index in [4.69, 9.17) is 25.8 Å². The SMILES string of the molecule is CCOC(=O)c1cc(NC(=O)CN2C(=O)S/C(=C/c3cc(I)c(OCc4cccc5ccccc45)c(OCC)c3)C2=O)ccc1Cl. The summed E-state index contributed by atoms with van der Waals surface area (Å²) in [6.07, 6.45) is 1.59. The second-order valence-corrected chi connectivity index (χ2v) is 12.5. The van der Waals surface area contributed by atoms with Crippen LogP contribution in [0.1, 0.15) is 35.3 Å². The van der Waals surface area contributed by atoms with Gasteiger partial charge in [-0.3, -0.25) is 19.3 Å². The second-order valence-electron chi connectivity index (χ2n) is 9.92. The number of imide groups is 1. The quantitative estimate of drug-likeness (QED) is 0.0931. The van der Waals surface area contributed by atoms with Crippen LogP contribution in [-0.2, 0) is 20.9 Å². The van der Waals surface area contributed by atoms with Crippen molar-refractivity contribution in [3.05, 3.63) is 103 Å². The maximum Gasteiger partial charge on any atom is 0.339 e. The fourth-order valence-electron chi connectivity index (χ4n) is 4.74. The van der Waals surface area contributed by atoms with Crippen molar-refractivity contribution in [2.24, 2.45) is 0 Å². The van der Waals surface area contributed by atoms with E-state index in [1.54, 1.807) is 19.1 Å². The number of halogens is 2. The van der Waals surface area contributed by atoms with E-state index in [-0.39, 0.29) is 27.8 Å². The van der Waals surface area contributed by atoms with Gasteiger partial charge >= 0.3 is 5.97 Å². The number of carbonyl (C=O) groups is 4. The molecule has 5 rings (SSSR count). The van der Waals surface area contributed by atoms with Crippen molar-refractivity contribution in [2.45, 2.75) is 20.5 Å². The molecule has 0 aliphatic carbocycles. The van der Waals surface area contributed by atoms with E-state index < -0.39 is 29.6 Å². The molecule has 4 aromatic rings. The van der Waals surface area contributed by atoms with Gasteiger partial charge in [0.05, 0.1) is 32.3 Å². The minimum atomic E-state index is -0.633. The highest BCUT2D eigenvalue weighted by Crippen LogP contribution is 2.38. The van der Waals surface area contributed by atoms with Crippen molar-refractivity contribution in [1.82, 2.24) is 4.90 Å². The van der Waals surface area contributed by atoms with Crippen LogP contribution in [0.25, 0.3) is 16.8 Å². The Balaban J connectivity index is 1.30. The molecular weight excluding hydrogens is 743 g/mol. The van der Waals surface area contributed by atoms with Crippen molar-refractivity contribution in [2.75, 3.05) is 25.1 Å². The van der Waals surface area contributed by atoms with Gasteiger partial charge in [0.15, 0.2) is 11.5 Å². The Kier molecular flexibility index (Phi) is 10.9. The molecule has 1 saturated heterocycles. The molecule has 12 heteroatoms. The van der Waals surface area contributed by atoms with Crippen LogP contribution in [0.3, 0.4) is 0 Å². The number of benzene rings is 4. The van der Waals surface area contributed by atoms with Crippen LogP contribution >= 0.6 is 46.0 Å². The molecule has 3 amide bonds. The minimum Gasteiger partial charge on any atom is -0.490 e. The molecule has 1 heterocycles. The lowest BCUT2D eigenvalue weighted by Crippen LogP contribution is -2.36. The maximum absolute atomic E-state index is 13.2. The molecule has 0 radical (unpaired) electrons. The smallest absolute Gasteiger partial charge is 0.339 e. The first-order valence-corrected chi connectivity index (χ1v) is 16.5. The van der Waals surface area contributed by atoms with Crippen LogP contribution < -0.4 is 14.8 Å². The number of amides is 3. The van der Waals surface area contributed by atoms with E-state index in [2.05, 4.69) is 46.1 Å². The summed E-state index contributed by atoms with van der Waals surface area (Å²) in [5, 5.41) is 4.41. The molecule has 0 spiro atoms. The zero-order valence-electron chi connectivity index (χ0n) is 24.8. The van der Waals surface area contributed by atoms with Crippen LogP contribution in [0.2, 0.25) is 5.02 Å². The number of carbonyl (C=O) groups excluding carboxylic acids is 4. The van der Waals surface area contributed by atoms with Crippen molar-refractivity contribution >= 4 is 91.5 Å². The van der Waals surface area contributed by atoms with Crippen LogP contribution in [0.15, 0.2) is 77.7 Å². The normalized spacial score (nSPS) is 13.7. The van der Waals surface area contributed by atoms with Gasteiger partial charge in [-0.25, -0.2) is 4.79 Å². The number of thioether (sulfide) groups is 1. The summed E-state index contributed by atoms with van der Waals surface area (Å²) in [5.74, 6) is -0.777. The number of nitrogens with one attached hydrogen (secondary N) is 1. The van der Waals surface area contributed by atoms with Crippen LogP contribution in [0.5, 0.6) is 11.5 Å². The highest BCUT2D eigenvalue weighted by Gasteiger charge is 2.36. The van der Waals surface area contributed by atoms with Gasteiger partial charge in [0.2, 0.25) is 5.91 Å². The molecule has 0 bridgehead atoms. The van der Waals surface area contributed by atoms with E-state index >= 15 is 0 Å². The highest BCUT2D eigenvalue weighted by atomic mass is 127. The zero-order chi connectivity index (χ0) is 32.8. The van der Waals surface area contributed by atoms with Crippen molar-refractivity contribution in [3.8, 4) is 11.5 Å². The van der Waals surface area contributed by atoms with Gasteiger partial charge in [-0.2, -0.15) is 0 Å². The predicted molar refractivity (Wildman–Crippen MR) is 187 cm³/mol. The monoisotopic (exact) mass is 770 g/mol. The van der Waals surface area contributed by atoms with Gasteiger partial charge in [0.25, 0.3) is 11.1 Å². The lowest BCUT2D eigenvalue weighted by molar-refractivity contribution is -0.127. The van der Waals surface area contributed by atoms with E-state index in [0.717, 1.165) is 36.6 Å².